The molecule has 0 aliphatic carbocycles. The van der Waals surface area contributed by atoms with Gasteiger partial charge in [0.05, 0.1) is 19.8 Å². The molecule has 0 aromatic heterocycles. The van der Waals surface area contributed by atoms with E-state index >= 15 is 0 Å². The molecule has 1 unspecified atom stereocenters. The number of carbonyl (C=O) groups is 2. The normalized spacial score (nSPS) is 14.5. The van der Waals surface area contributed by atoms with Gasteiger partial charge in [-0.25, -0.2) is 9.36 Å². The molecule has 340 valence electrons. The van der Waals surface area contributed by atoms with Crippen LogP contribution >= 0.6 is 7.82 Å². The van der Waals surface area contributed by atoms with Crippen LogP contribution < -0.4 is 0 Å². The van der Waals surface area contributed by atoms with E-state index in [0.29, 0.717) is 12.8 Å². The van der Waals surface area contributed by atoms with Crippen LogP contribution in [0.15, 0.2) is 72.9 Å². The first-order chi connectivity index (χ1) is 28.7. The standard InChI is InChI=1S/C48H83O10P/c1-3-5-7-9-11-13-15-17-19-20-21-22-23-24-26-28-30-32-34-36-38-40-48(52)58-46(44-57-59(53,54)56-42-45(50)41-49)43-55-47(51)39-37-35-33-31-29-27-25-18-16-14-12-10-8-6-4-2/h19-20,22-23,26,28,32-35,37,39,45-46,49-50H,3-18,21,24-25,27,29-31,36,38,40-44H2,1-2H3,(H,53,54)/b20-19+,23-22+,28-26+,34-32+,35-33+,39-37+/t45-,46+/m0/s1. The number of unbranched alkanes of at least 4 members (excludes halogenated alkanes) is 19. The van der Waals surface area contributed by atoms with Crippen molar-refractivity contribution in [3.8, 4) is 0 Å². The maximum Gasteiger partial charge on any atom is 0.472 e. The fourth-order valence-electron chi connectivity index (χ4n) is 5.90. The van der Waals surface area contributed by atoms with Crippen LogP contribution in [0.5, 0.6) is 0 Å². The first-order valence-corrected chi connectivity index (χ1v) is 24.4. The molecule has 0 heterocycles. The van der Waals surface area contributed by atoms with Gasteiger partial charge in [0, 0.05) is 12.5 Å². The number of phosphoric acid groups is 1. The minimum Gasteiger partial charge on any atom is -0.458 e. The Labute approximate surface area is 358 Å². The summed E-state index contributed by atoms with van der Waals surface area (Å²) in [6.45, 7) is 2.18. The minimum atomic E-state index is -4.66. The van der Waals surface area contributed by atoms with E-state index in [2.05, 4.69) is 54.8 Å². The summed E-state index contributed by atoms with van der Waals surface area (Å²) in [5.74, 6) is -1.25. The van der Waals surface area contributed by atoms with Crippen molar-refractivity contribution in [2.75, 3.05) is 26.4 Å². The lowest BCUT2D eigenvalue weighted by molar-refractivity contribution is -0.159. The molecule has 3 N–H and O–H groups in total. The Balaban J connectivity index is 4.46. The van der Waals surface area contributed by atoms with Gasteiger partial charge in [-0.05, 0) is 57.8 Å². The average Bonchev–Trinajstić information content (AvgIpc) is 3.22. The second kappa shape index (κ2) is 43.5. The lowest BCUT2D eigenvalue weighted by Gasteiger charge is -2.20. The molecule has 0 saturated heterocycles. The van der Waals surface area contributed by atoms with Gasteiger partial charge in [0.1, 0.15) is 12.7 Å². The summed E-state index contributed by atoms with van der Waals surface area (Å²) < 4.78 is 32.5. The van der Waals surface area contributed by atoms with Gasteiger partial charge in [0.15, 0.2) is 6.10 Å². The number of hydrogen-bond donors (Lipinski definition) is 3. The number of esters is 2. The molecule has 11 heteroatoms. The first-order valence-electron chi connectivity index (χ1n) is 22.9. The number of allylic oxidation sites excluding steroid dienone is 11. The second-order valence-corrected chi connectivity index (χ2v) is 16.6. The third-order valence-electron chi connectivity index (χ3n) is 9.44. The van der Waals surface area contributed by atoms with E-state index in [1.165, 1.54) is 122 Å². The summed E-state index contributed by atoms with van der Waals surface area (Å²) in [4.78, 5) is 34.9. The lowest BCUT2D eigenvalue weighted by Crippen LogP contribution is -2.29. The molecule has 0 bridgehead atoms. The van der Waals surface area contributed by atoms with E-state index < -0.39 is 58.4 Å². The summed E-state index contributed by atoms with van der Waals surface area (Å²) in [6.07, 6.45) is 50.8. The number of ether oxygens (including phenoxy) is 2. The summed E-state index contributed by atoms with van der Waals surface area (Å²) in [6, 6.07) is 0. The Bertz CT molecular complexity index is 1210. The predicted octanol–water partition coefficient (Wildman–Crippen LogP) is 12.4. The van der Waals surface area contributed by atoms with E-state index in [1.54, 1.807) is 12.2 Å². The van der Waals surface area contributed by atoms with E-state index in [0.717, 1.165) is 32.1 Å². The molecule has 0 radical (unpaired) electrons. The van der Waals surface area contributed by atoms with Crippen LogP contribution in [0.2, 0.25) is 0 Å². The van der Waals surface area contributed by atoms with Crippen molar-refractivity contribution in [1.82, 2.24) is 0 Å². The molecule has 0 amide bonds. The Morgan fingerprint density at radius 2 is 1.00 bits per heavy atom. The number of aliphatic hydroxyl groups is 2. The highest BCUT2D eigenvalue weighted by Crippen LogP contribution is 2.43. The molecule has 0 saturated carbocycles. The van der Waals surface area contributed by atoms with Gasteiger partial charge in [0.2, 0.25) is 0 Å². The van der Waals surface area contributed by atoms with Crippen molar-refractivity contribution >= 4 is 19.8 Å². The molecule has 59 heavy (non-hydrogen) atoms. The van der Waals surface area contributed by atoms with Crippen LogP contribution in [0.1, 0.15) is 181 Å². The monoisotopic (exact) mass is 851 g/mol. The topological polar surface area (TPSA) is 149 Å². The average molecular weight is 851 g/mol. The van der Waals surface area contributed by atoms with E-state index in [9.17, 15) is 24.2 Å². The lowest BCUT2D eigenvalue weighted by atomic mass is 10.1. The Hall–Kier alpha value is -2.59. The van der Waals surface area contributed by atoms with Crippen molar-refractivity contribution in [2.24, 2.45) is 0 Å². The SMILES string of the molecule is CCCCCCCCC/C=C/C/C=C/C/C=C/C/C=C/CCCC(=O)O[C@H](COC(=O)/C=C/C=C/CCCCCCCCCCCCC)COP(=O)(O)OC[C@@H](O)CO. The largest absolute Gasteiger partial charge is 0.472 e. The molecular formula is C48H83O10P. The zero-order valence-electron chi connectivity index (χ0n) is 36.9. The van der Waals surface area contributed by atoms with Crippen LogP contribution in [0.25, 0.3) is 0 Å². The smallest absolute Gasteiger partial charge is 0.458 e. The van der Waals surface area contributed by atoms with Crippen LogP contribution in [0.3, 0.4) is 0 Å². The highest BCUT2D eigenvalue weighted by molar-refractivity contribution is 7.47. The molecular weight excluding hydrogens is 767 g/mol. The number of phosphoric ester groups is 1. The second-order valence-electron chi connectivity index (χ2n) is 15.1. The fraction of sp³-hybridized carbons (Fsp3) is 0.708. The van der Waals surface area contributed by atoms with E-state index in [1.807, 2.05) is 18.2 Å². The summed E-state index contributed by atoms with van der Waals surface area (Å²) >= 11 is 0. The molecule has 3 atom stereocenters. The number of aliphatic hydroxyl groups excluding tert-OH is 2. The fourth-order valence-corrected chi connectivity index (χ4v) is 6.69. The molecule has 10 nitrogen and oxygen atoms in total. The van der Waals surface area contributed by atoms with Crippen LogP contribution in [-0.2, 0) is 32.7 Å². The Kier molecular flexibility index (Phi) is 41.6. The third-order valence-corrected chi connectivity index (χ3v) is 10.4. The molecule has 0 aromatic rings. The highest BCUT2D eigenvalue weighted by atomic mass is 31.2. The predicted molar refractivity (Wildman–Crippen MR) is 242 cm³/mol. The summed E-state index contributed by atoms with van der Waals surface area (Å²) in [5, 5.41) is 18.3. The molecule has 0 aromatic carbocycles. The Morgan fingerprint density at radius 1 is 0.559 bits per heavy atom. The zero-order chi connectivity index (χ0) is 43.3. The number of hydrogen-bond acceptors (Lipinski definition) is 9. The van der Waals surface area contributed by atoms with Crippen molar-refractivity contribution in [3.05, 3.63) is 72.9 Å². The Morgan fingerprint density at radius 3 is 1.51 bits per heavy atom. The van der Waals surface area contributed by atoms with Gasteiger partial charge in [-0.1, -0.05) is 183 Å². The number of rotatable bonds is 42. The van der Waals surface area contributed by atoms with Crippen molar-refractivity contribution < 1.29 is 47.8 Å². The van der Waals surface area contributed by atoms with Crippen molar-refractivity contribution in [3.63, 3.8) is 0 Å². The van der Waals surface area contributed by atoms with Crippen LogP contribution in [0.4, 0.5) is 0 Å². The molecule has 0 aliphatic heterocycles. The molecule has 0 aliphatic rings. The summed E-state index contributed by atoms with van der Waals surface area (Å²) in [5.41, 5.74) is 0. The quantitative estimate of drug-likeness (QED) is 0.0135. The van der Waals surface area contributed by atoms with Gasteiger partial charge in [-0.15, -0.1) is 0 Å². The molecule has 0 fully saturated rings. The van der Waals surface area contributed by atoms with Gasteiger partial charge in [-0.2, -0.15) is 0 Å². The maximum atomic E-state index is 12.6. The third kappa shape index (κ3) is 43.3. The van der Waals surface area contributed by atoms with Crippen molar-refractivity contribution in [2.45, 2.75) is 193 Å². The van der Waals surface area contributed by atoms with Gasteiger partial charge < -0.3 is 24.6 Å². The number of carbonyl (C=O) groups excluding carboxylic acids is 2. The zero-order valence-corrected chi connectivity index (χ0v) is 37.8. The molecule has 0 rings (SSSR count). The summed E-state index contributed by atoms with van der Waals surface area (Å²) in [7, 11) is -4.66. The van der Waals surface area contributed by atoms with Crippen LogP contribution in [0, 0.1) is 0 Å². The van der Waals surface area contributed by atoms with Crippen LogP contribution in [-0.4, -0.2) is 65.7 Å². The highest BCUT2D eigenvalue weighted by Gasteiger charge is 2.27. The minimum absolute atomic E-state index is 0.0860. The molecule has 0 spiro atoms. The first kappa shape index (κ1) is 56.4. The van der Waals surface area contributed by atoms with Gasteiger partial charge in [0.25, 0.3) is 0 Å². The van der Waals surface area contributed by atoms with E-state index in [4.69, 9.17) is 19.1 Å². The van der Waals surface area contributed by atoms with Gasteiger partial charge in [-0.3, -0.25) is 13.8 Å². The van der Waals surface area contributed by atoms with E-state index in [-0.39, 0.29) is 6.42 Å². The van der Waals surface area contributed by atoms with Gasteiger partial charge >= 0.3 is 19.8 Å². The maximum absolute atomic E-state index is 12.6. The van der Waals surface area contributed by atoms with Crippen molar-refractivity contribution in [1.29, 1.82) is 0 Å².